The monoisotopic (exact) mass is 273 g/mol. The molecular formula is C10H15N3O4S. The number of benzene rings is 1. The van der Waals surface area contributed by atoms with Crippen molar-refractivity contribution < 1.29 is 17.9 Å². The number of rotatable bonds is 6. The maximum atomic E-state index is 11.6. The molecule has 0 fully saturated rings. The van der Waals surface area contributed by atoms with Crippen LogP contribution in [-0.4, -0.2) is 34.6 Å². The van der Waals surface area contributed by atoms with Crippen molar-refractivity contribution in [3.8, 4) is 0 Å². The van der Waals surface area contributed by atoms with Gasteiger partial charge in [0.2, 0.25) is 0 Å². The zero-order valence-electron chi connectivity index (χ0n) is 9.84. The third-order valence-corrected chi connectivity index (χ3v) is 3.09. The smallest absolute Gasteiger partial charge is 0.339 e. The largest absolute Gasteiger partial charge is 0.465 e. The molecule has 0 amide bonds. The molecule has 0 bridgehead atoms. The maximum absolute atomic E-state index is 11.6. The summed E-state index contributed by atoms with van der Waals surface area (Å²) in [5.74, 6) is -0.618. The highest BCUT2D eigenvalue weighted by Crippen LogP contribution is 2.16. The number of ether oxygens (including phenoxy) is 1. The van der Waals surface area contributed by atoms with Crippen LogP contribution in [0.3, 0.4) is 0 Å². The second kappa shape index (κ2) is 6.34. The van der Waals surface area contributed by atoms with E-state index in [-0.39, 0.29) is 24.3 Å². The molecule has 0 saturated heterocycles. The Kier molecular flexibility index (Phi) is 5.08. The predicted molar refractivity (Wildman–Crippen MR) is 67.4 cm³/mol. The van der Waals surface area contributed by atoms with Crippen LogP contribution in [0, 0.1) is 0 Å². The van der Waals surface area contributed by atoms with E-state index in [0.29, 0.717) is 0 Å². The van der Waals surface area contributed by atoms with Crippen molar-refractivity contribution in [2.24, 2.45) is 5.73 Å². The van der Waals surface area contributed by atoms with Crippen LogP contribution < -0.4 is 15.2 Å². The molecular weight excluding hydrogens is 258 g/mol. The number of nitrogens with one attached hydrogen (secondary N) is 2. The van der Waals surface area contributed by atoms with Crippen molar-refractivity contribution in [2.75, 3.05) is 24.9 Å². The summed E-state index contributed by atoms with van der Waals surface area (Å²) in [5.41, 5.74) is 5.48. The second-order valence-corrected chi connectivity index (χ2v) is 4.83. The molecule has 0 aliphatic rings. The average Bonchev–Trinajstić information content (AvgIpc) is 2.36. The van der Waals surface area contributed by atoms with Gasteiger partial charge in [-0.2, -0.15) is 13.1 Å². The Labute approximate surface area is 106 Å². The lowest BCUT2D eigenvalue weighted by molar-refractivity contribution is 0.0602. The summed E-state index contributed by atoms with van der Waals surface area (Å²) in [6.07, 6.45) is 0. The normalized spacial score (nSPS) is 11.0. The average molecular weight is 273 g/mol. The van der Waals surface area contributed by atoms with Gasteiger partial charge in [-0.3, -0.25) is 4.72 Å². The molecule has 18 heavy (non-hydrogen) atoms. The summed E-state index contributed by atoms with van der Waals surface area (Å²) in [7, 11) is -2.53. The molecule has 100 valence electrons. The van der Waals surface area contributed by atoms with Crippen LogP contribution in [0.25, 0.3) is 0 Å². The molecule has 8 heteroatoms. The van der Waals surface area contributed by atoms with Gasteiger partial charge in [-0.05, 0) is 12.1 Å². The Morgan fingerprint density at radius 2 is 2.06 bits per heavy atom. The molecule has 1 rings (SSSR count). The van der Waals surface area contributed by atoms with E-state index in [9.17, 15) is 13.2 Å². The van der Waals surface area contributed by atoms with Crippen LogP contribution in [0.15, 0.2) is 24.3 Å². The Bertz CT molecular complexity index is 516. The Morgan fingerprint density at radius 1 is 1.39 bits per heavy atom. The first kappa shape index (κ1) is 14.4. The molecule has 0 spiro atoms. The Morgan fingerprint density at radius 3 is 2.67 bits per heavy atom. The number of carbonyl (C=O) groups excluding carboxylic acids is 1. The van der Waals surface area contributed by atoms with Gasteiger partial charge in [0.05, 0.1) is 18.4 Å². The molecule has 0 unspecified atom stereocenters. The van der Waals surface area contributed by atoms with E-state index in [1.165, 1.54) is 19.2 Å². The zero-order valence-corrected chi connectivity index (χ0v) is 10.7. The van der Waals surface area contributed by atoms with E-state index < -0.39 is 16.2 Å². The number of para-hydroxylation sites is 1. The standard InChI is InChI=1S/C10H15N3O4S/c1-17-10(14)8-4-2-3-5-9(8)13-18(15,16)12-7-6-11/h2-5,12-13H,6-7,11H2,1H3. The van der Waals surface area contributed by atoms with Crippen LogP contribution in [0.5, 0.6) is 0 Å². The van der Waals surface area contributed by atoms with E-state index in [1.807, 2.05) is 0 Å². The summed E-state index contributed by atoms with van der Waals surface area (Å²) < 4.78 is 32.2. The van der Waals surface area contributed by atoms with Crippen molar-refractivity contribution in [3.05, 3.63) is 29.8 Å². The van der Waals surface area contributed by atoms with E-state index in [0.717, 1.165) is 0 Å². The van der Waals surface area contributed by atoms with Gasteiger partial charge in [0, 0.05) is 13.1 Å². The van der Waals surface area contributed by atoms with Crippen molar-refractivity contribution in [3.63, 3.8) is 0 Å². The number of anilines is 1. The second-order valence-electron chi connectivity index (χ2n) is 3.33. The lowest BCUT2D eigenvalue weighted by Gasteiger charge is -2.11. The molecule has 0 aliphatic carbocycles. The van der Waals surface area contributed by atoms with Crippen LogP contribution in [-0.2, 0) is 14.9 Å². The predicted octanol–water partition coefficient (Wildman–Crippen LogP) is -0.322. The van der Waals surface area contributed by atoms with E-state index in [1.54, 1.807) is 12.1 Å². The lowest BCUT2D eigenvalue weighted by atomic mass is 10.2. The first-order valence-electron chi connectivity index (χ1n) is 5.15. The quantitative estimate of drug-likeness (QED) is 0.615. The minimum absolute atomic E-state index is 0.107. The van der Waals surface area contributed by atoms with Gasteiger partial charge in [0.25, 0.3) is 10.2 Å². The number of esters is 1. The highest BCUT2D eigenvalue weighted by atomic mass is 32.2. The molecule has 1 aromatic carbocycles. The number of hydrogen-bond acceptors (Lipinski definition) is 5. The van der Waals surface area contributed by atoms with Crippen LogP contribution in [0.4, 0.5) is 5.69 Å². The summed E-state index contributed by atoms with van der Waals surface area (Å²) in [6, 6.07) is 6.14. The van der Waals surface area contributed by atoms with E-state index in [4.69, 9.17) is 5.73 Å². The van der Waals surface area contributed by atoms with Gasteiger partial charge >= 0.3 is 5.97 Å². The Hall–Kier alpha value is -1.64. The van der Waals surface area contributed by atoms with Gasteiger partial charge < -0.3 is 10.5 Å². The fourth-order valence-electron chi connectivity index (χ4n) is 1.23. The minimum atomic E-state index is -3.75. The van der Waals surface area contributed by atoms with Crippen molar-refractivity contribution in [1.82, 2.24) is 4.72 Å². The molecule has 1 aromatic rings. The van der Waals surface area contributed by atoms with Crippen LogP contribution >= 0.6 is 0 Å². The third kappa shape index (κ3) is 3.99. The summed E-state index contributed by atoms with van der Waals surface area (Å²) >= 11 is 0. The first-order chi connectivity index (χ1) is 8.50. The minimum Gasteiger partial charge on any atom is -0.465 e. The molecule has 7 nitrogen and oxygen atoms in total. The van der Waals surface area contributed by atoms with Gasteiger partial charge in [-0.1, -0.05) is 12.1 Å². The van der Waals surface area contributed by atoms with Crippen molar-refractivity contribution in [1.29, 1.82) is 0 Å². The fraction of sp³-hybridized carbons (Fsp3) is 0.300. The van der Waals surface area contributed by atoms with Crippen molar-refractivity contribution >= 4 is 21.9 Å². The molecule has 0 saturated carbocycles. The SMILES string of the molecule is COC(=O)c1ccccc1NS(=O)(=O)NCCN. The highest BCUT2D eigenvalue weighted by molar-refractivity contribution is 7.90. The number of carbonyl (C=O) groups is 1. The maximum Gasteiger partial charge on any atom is 0.339 e. The topological polar surface area (TPSA) is 111 Å². The van der Waals surface area contributed by atoms with Gasteiger partial charge in [-0.25, -0.2) is 4.79 Å². The summed E-state index contributed by atoms with van der Waals surface area (Å²) in [5, 5.41) is 0. The van der Waals surface area contributed by atoms with Crippen molar-refractivity contribution in [2.45, 2.75) is 0 Å². The van der Waals surface area contributed by atoms with Crippen LogP contribution in [0.2, 0.25) is 0 Å². The van der Waals surface area contributed by atoms with E-state index in [2.05, 4.69) is 14.2 Å². The van der Waals surface area contributed by atoms with Gasteiger partial charge in [0.15, 0.2) is 0 Å². The zero-order chi connectivity index (χ0) is 13.6. The lowest BCUT2D eigenvalue weighted by Crippen LogP contribution is -2.34. The third-order valence-electron chi connectivity index (χ3n) is 2.01. The summed E-state index contributed by atoms with van der Waals surface area (Å²) in [6.45, 7) is 0.287. The number of methoxy groups -OCH3 is 1. The molecule has 4 N–H and O–H groups in total. The highest BCUT2D eigenvalue weighted by Gasteiger charge is 2.15. The molecule has 0 radical (unpaired) electrons. The number of hydrogen-bond donors (Lipinski definition) is 3. The Balaban J connectivity index is 2.94. The first-order valence-corrected chi connectivity index (χ1v) is 6.63. The van der Waals surface area contributed by atoms with E-state index >= 15 is 0 Å². The summed E-state index contributed by atoms with van der Waals surface area (Å²) in [4.78, 5) is 11.4. The molecule has 0 aromatic heterocycles. The number of nitrogens with two attached hydrogens (primary N) is 1. The van der Waals surface area contributed by atoms with Gasteiger partial charge in [-0.15, -0.1) is 0 Å². The molecule has 0 atom stereocenters. The van der Waals surface area contributed by atoms with Gasteiger partial charge in [0.1, 0.15) is 0 Å². The molecule has 0 heterocycles. The molecule has 0 aliphatic heterocycles. The van der Waals surface area contributed by atoms with Crippen LogP contribution in [0.1, 0.15) is 10.4 Å². The fourth-order valence-corrected chi connectivity index (χ4v) is 2.16.